The van der Waals surface area contributed by atoms with Crippen molar-refractivity contribution >= 4 is 27.3 Å². The molecule has 0 spiro atoms. The molecule has 0 amide bonds. The summed E-state index contributed by atoms with van der Waals surface area (Å²) in [6.45, 7) is 7.12. The van der Waals surface area contributed by atoms with Crippen molar-refractivity contribution in [2.24, 2.45) is 0 Å². The first kappa shape index (κ1) is 25.5. The summed E-state index contributed by atoms with van der Waals surface area (Å²) in [6, 6.07) is 5.25. The fraction of sp³-hybridized carbons (Fsp3) is 0.348. The molecule has 0 aliphatic carbocycles. The Hall–Kier alpha value is -3.58. The van der Waals surface area contributed by atoms with Crippen LogP contribution in [-0.2, 0) is 10.0 Å². The van der Waals surface area contributed by atoms with Gasteiger partial charge in [0.2, 0.25) is 16.0 Å². The number of anilines is 1. The highest BCUT2D eigenvalue weighted by Crippen LogP contribution is 2.38. The van der Waals surface area contributed by atoms with E-state index in [2.05, 4.69) is 29.9 Å². The molecule has 0 fully saturated rings. The number of benzene rings is 1. The summed E-state index contributed by atoms with van der Waals surface area (Å²) in [7, 11) is -0.920. The highest BCUT2D eigenvalue weighted by molar-refractivity contribution is 7.93. The Balaban J connectivity index is 1.81. The summed E-state index contributed by atoms with van der Waals surface area (Å²) in [4.78, 5) is 13.1. The van der Waals surface area contributed by atoms with Crippen molar-refractivity contribution in [2.45, 2.75) is 38.9 Å². The maximum absolute atomic E-state index is 13.5. The van der Waals surface area contributed by atoms with Crippen LogP contribution in [0.25, 0.3) is 17.2 Å². The molecule has 11 nitrogen and oxygen atoms in total. The Kier molecular flexibility index (Phi) is 7.22. The molecule has 0 aliphatic heterocycles. The van der Waals surface area contributed by atoms with Crippen molar-refractivity contribution < 1.29 is 17.9 Å². The highest BCUT2D eigenvalue weighted by Gasteiger charge is 2.32. The molecule has 0 saturated heterocycles. The molecule has 4 rings (SSSR count). The van der Waals surface area contributed by atoms with Gasteiger partial charge in [-0.2, -0.15) is 0 Å². The molecular formula is C23H27N7O4S2. The number of ether oxygens (including phenoxy) is 2. The van der Waals surface area contributed by atoms with Crippen LogP contribution in [0.15, 0.2) is 36.0 Å². The molecule has 13 heteroatoms. The van der Waals surface area contributed by atoms with E-state index in [9.17, 15) is 8.42 Å². The average Bonchev–Trinajstić information content (AvgIpc) is 3.48. The zero-order valence-electron chi connectivity index (χ0n) is 20.8. The molecule has 0 aliphatic rings. The first-order valence-electron chi connectivity index (χ1n) is 11.1. The van der Waals surface area contributed by atoms with Crippen molar-refractivity contribution in [3.63, 3.8) is 0 Å². The quantitative estimate of drug-likeness (QED) is 0.344. The number of para-hydroxylation sites is 1. The van der Waals surface area contributed by atoms with Crippen molar-refractivity contribution in [1.29, 1.82) is 0 Å². The number of aryl methyl sites for hydroxylation is 2. The van der Waals surface area contributed by atoms with Crippen molar-refractivity contribution in [3.05, 3.63) is 52.4 Å². The lowest BCUT2D eigenvalue weighted by Gasteiger charge is -2.21. The number of nitrogens with one attached hydrogen (secondary N) is 1. The van der Waals surface area contributed by atoms with E-state index in [-0.39, 0.29) is 5.95 Å². The molecule has 190 valence electrons. The standard InChI is InChI=1S/C23H27N7O4S2/c1-13-10-24-21(25-11-13)14(2)15(3)36(31,32)29-23-28-27-22(17-12-35-16(4)26-17)30(23)20-18(33-5)8-7-9-19(20)34-6/h7-12,14-15H,1-6H3,(H,28,29)/t14-,15-/m1/s1. The molecule has 0 radical (unpaired) electrons. The van der Waals surface area contributed by atoms with Gasteiger partial charge in [0.1, 0.15) is 28.7 Å². The molecule has 36 heavy (non-hydrogen) atoms. The number of rotatable bonds is 9. The largest absolute Gasteiger partial charge is 0.494 e. The van der Waals surface area contributed by atoms with E-state index in [1.165, 1.54) is 25.6 Å². The van der Waals surface area contributed by atoms with E-state index in [1.54, 1.807) is 49.0 Å². The Morgan fingerprint density at radius 2 is 1.67 bits per heavy atom. The number of aromatic nitrogens is 6. The first-order chi connectivity index (χ1) is 17.2. The van der Waals surface area contributed by atoms with Crippen LogP contribution >= 0.6 is 11.3 Å². The molecule has 0 unspecified atom stereocenters. The molecule has 2 atom stereocenters. The van der Waals surface area contributed by atoms with Gasteiger partial charge in [0.15, 0.2) is 5.82 Å². The normalized spacial score (nSPS) is 13.3. The van der Waals surface area contributed by atoms with Gasteiger partial charge in [0, 0.05) is 23.7 Å². The van der Waals surface area contributed by atoms with E-state index in [1.807, 2.05) is 19.2 Å². The smallest absolute Gasteiger partial charge is 0.243 e. The Morgan fingerprint density at radius 3 is 2.22 bits per heavy atom. The Labute approximate surface area is 213 Å². The molecule has 3 aromatic heterocycles. The Bertz CT molecular complexity index is 1440. The van der Waals surface area contributed by atoms with Crippen molar-refractivity contribution in [3.8, 4) is 28.7 Å². The number of thiazole rings is 1. The van der Waals surface area contributed by atoms with Crippen LogP contribution in [0.3, 0.4) is 0 Å². The molecule has 0 saturated carbocycles. The molecule has 1 aromatic carbocycles. The lowest BCUT2D eigenvalue weighted by Crippen LogP contribution is -2.31. The van der Waals surface area contributed by atoms with E-state index in [4.69, 9.17) is 9.47 Å². The second kappa shape index (κ2) is 10.2. The molecule has 1 N–H and O–H groups in total. The second-order valence-corrected chi connectivity index (χ2v) is 11.3. The lowest BCUT2D eigenvalue weighted by molar-refractivity contribution is 0.391. The minimum atomic E-state index is -3.96. The van der Waals surface area contributed by atoms with Gasteiger partial charge in [-0.25, -0.2) is 23.4 Å². The van der Waals surface area contributed by atoms with Gasteiger partial charge >= 0.3 is 0 Å². The second-order valence-electron chi connectivity index (χ2n) is 8.21. The molecule has 3 heterocycles. The summed E-state index contributed by atoms with van der Waals surface area (Å²) in [6.07, 6.45) is 3.33. The summed E-state index contributed by atoms with van der Waals surface area (Å²) < 4.78 is 42.3. The van der Waals surface area contributed by atoms with Crippen LogP contribution in [0.4, 0.5) is 5.95 Å². The third kappa shape index (κ3) is 4.88. The maximum Gasteiger partial charge on any atom is 0.243 e. The van der Waals surface area contributed by atoms with E-state index in [0.717, 1.165) is 10.6 Å². The highest BCUT2D eigenvalue weighted by atomic mass is 32.2. The minimum Gasteiger partial charge on any atom is -0.494 e. The number of hydrogen-bond donors (Lipinski definition) is 1. The number of hydrogen-bond acceptors (Lipinski definition) is 10. The first-order valence-corrected chi connectivity index (χ1v) is 13.5. The van der Waals surface area contributed by atoms with Crippen LogP contribution in [0, 0.1) is 13.8 Å². The fourth-order valence-corrected chi connectivity index (χ4v) is 5.41. The van der Waals surface area contributed by atoms with Crippen LogP contribution in [0.5, 0.6) is 11.5 Å². The third-order valence-electron chi connectivity index (χ3n) is 5.77. The summed E-state index contributed by atoms with van der Waals surface area (Å²) >= 11 is 1.45. The van der Waals surface area contributed by atoms with Gasteiger partial charge in [-0.1, -0.05) is 13.0 Å². The van der Waals surface area contributed by atoms with Crippen molar-refractivity contribution in [2.75, 3.05) is 18.9 Å². The van der Waals surface area contributed by atoms with E-state index >= 15 is 0 Å². The molecular weight excluding hydrogens is 502 g/mol. The third-order valence-corrected chi connectivity index (χ3v) is 8.40. The average molecular weight is 530 g/mol. The van der Waals surface area contributed by atoms with Crippen LogP contribution < -0.4 is 14.2 Å². The van der Waals surface area contributed by atoms with E-state index in [0.29, 0.717) is 34.5 Å². The summed E-state index contributed by atoms with van der Waals surface area (Å²) in [5, 5.41) is 10.2. The topological polar surface area (TPSA) is 134 Å². The van der Waals surface area contributed by atoms with Crippen LogP contribution in [0.1, 0.15) is 36.2 Å². The van der Waals surface area contributed by atoms with Gasteiger partial charge in [-0.15, -0.1) is 21.5 Å². The fourth-order valence-electron chi connectivity index (χ4n) is 3.58. The van der Waals surface area contributed by atoms with Crippen LogP contribution in [-0.4, -0.2) is 57.6 Å². The maximum atomic E-state index is 13.5. The zero-order chi connectivity index (χ0) is 26.0. The Morgan fingerprint density at radius 1 is 1.03 bits per heavy atom. The zero-order valence-corrected chi connectivity index (χ0v) is 22.4. The van der Waals surface area contributed by atoms with Gasteiger partial charge in [-0.05, 0) is 38.5 Å². The molecule has 4 aromatic rings. The minimum absolute atomic E-state index is 0.0256. The number of methoxy groups -OCH3 is 2. The van der Waals surface area contributed by atoms with Crippen molar-refractivity contribution in [1.82, 2.24) is 29.7 Å². The predicted octanol–water partition coefficient (Wildman–Crippen LogP) is 3.75. The van der Waals surface area contributed by atoms with Gasteiger partial charge in [0.05, 0.1) is 24.5 Å². The SMILES string of the molecule is COc1cccc(OC)c1-n1c(NS(=O)(=O)[C@H](C)[C@@H](C)c2ncc(C)cn2)nnc1-c1csc(C)n1. The van der Waals surface area contributed by atoms with E-state index < -0.39 is 21.2 Å². The molecule has 0 bridgehead atoms. The predicted molar refractivity (Wildman–Crippen MR) is 137 cm³/mol. The monoisotopic (exact) mass is 529 g/mol. The van der Waals surface area contributed by atoms with Gasteiger partial charge in [-0.3, -0.25) is 9.29 Å². The number of sulfonamides is 1. The van der Waals surface area contributed by atoms with Crippen LogP contribution in [0.2, 0.25) is 0 Å². The van der Waals surface area contributed by atoms with Gasteiger partial charge < -0.3 is 9.47 Å². The summed E-state index contributed by atoms with van der Waals surface area (Å²) in [5.74, 6) is 1.14. The lowest BCUT2D eigenvalue weighted by atomic mass is 10.1. The summed E-state index contributed by atoms with van der Waals surface area (Å²) in [5.41, 5.74) is 1.87. The van der Waals surface area contributed by atoms with Gasteiger partial charge in [0.25, 0.3) is 0 Å². The number of nitrogens with zero attached hydrogens (tertiary/aromatic N) is 6.